The van der Waals surface area contributed by atoms with Gasteiger partial charge in [-0.3, -0.25) is 0 Å². The number of fused-ring (bicyclic) bond motifs is 2. The fourth-order valence-electron chi connectivity index (χ4n) is 3.60. The Balaban J connectivity index is 1.85. The summed E-state index contributed by atoms with van der Waals surface area (Å²) in [7, 11) is 0. The molecule has 1 unspecified atom stereocenters. The lowest BCUT2D eigenvalue weighted by molar-refractivity contribution is -0.0533. The standard InChI is InChI=1S/C19H14N2O2S/c22-18-14-6-1-3-7-15(14)19(23-18,21-9-10-24-12-21)16-11-20-17-8-4-2-5-13(16)17/h1-11,20H,12H2. The van der Waals surface area contributed by atoms with Gasteiger partial charge >= 0.3 is 5.97 Å². The zero-order valence-corrected chi connectivity index (χ0v) is 13.5. The number of rotatable bonds is 2. The van der Waals surface area contributed by atoms with Crippen LogP contribution in [0.25, 0.3) is 10.9 Å². The lowest BCUT2D eigenvalue weighted by Crippen LogP contribution is -2.43. The summed E-state index contributed by atoms with van der Waals surface area (Å²) in [6.07, 6.45) is 3.96. The summed E-state index contributed by atoms with van der Waals surface area (Å²) in [5.41, 5.74) is 2.60. The minimum absolute atomic E-state index is 0.277. The number of H-pyrrole nitrogens is 1. The van der Waals surface area contributed by atoms with Gasteiger partial charge in [-0.1, -0.05) is 36.4 Å². The van der Waals surface area contributed by atoms with E-state index in [1.165, 1.54) is 0 Å². The van der Waals surface area contributed by atoms with Crippen LogP contribution in [0, 0.1) is 0 Å². The van der Waals surface area contributed by atoms with Gasteiger partial charge in [0.05, 0.1) is 11.4 Å². The number of thioether (sulfide) groups is 1. The molecule has 1 atom stereocenters. The van der Waals surface area contributed by atoms with E-state index in [9.17, 15) is 4.79 Å². The third-order valence-electron chi connectivity index (χ3n) is 4.66. The summed E-state index contributed by atoms with van der Waals surface area (Å²) in [4.78, 5) is 18.0. The summed E-state index contributed by atoms with van der Waals surface area (Å²) < 4.78 is 6.06. The molecular weight excluding hydrogens is 320 g/mol. The van der Waals surface area contributed by atoms with Crippen LogP contribution in [0.2, 0.25) is 0 Å². The van der Waals surface area contributed by atoms with E-state index in [4.69, 9.17) is 4.74 Å². The number of carbonyl (C=O) groups excluding carboxylic acids is 1. The molecule has 0 spiro atoms. The highest BCUT2D eigenvalue weighted by Gasteiger charge is 2.52. The number of esters is 1. The fraction of sp³-hybridized carbons (Fsp3) is 0.105. The number of hydrogen-bond acceptors (Lipinski definition) is 4. The van der Waals surface area contributed by atoms with Crippen molar-refractivity contribution in [1.82, 2.24) is 9.88 Å². The van der Waals surface area contributed by atoms with Crippen molar-refractivity contribution in [2.24, 2.45) is 0 Å². The predicted octanol–water partition coefficient (Wildman–Crippen LogP) is 4.02. The third-order valence-corrected chi connectivity index (χ3v) is 5.40. The Bertz CT molecular complexity index is 994. The number of carbonyl (C=O) groups is 1. The largest absolute Gasteiger partial charge is 0.426 e. The molecule has 0 radical (unpaired) electrons. The highest BCUT2D eigenvalue weighted by molar-refractivity contribution is 8.02. The van der Waals surface area contributed by atoms with Crippen molar-refractivity contribution in [2.45, 2.75) is 5.72 Å². The molecule has 0 amide bonds. The van der Waals surface area contributed by atoms with Crippen LogP contribution in [-0.2, 0) is 10.5 Å². The molecule has 0 saturated carbocycles. The molecule has 2 aliphatic rings. The fourth-order valence-corrected chi connectivity index (χ4v) is 4.35. The first-order valence-electron chi connectivity index (χ1n) is 7.75. The van der Waals surface area contributed by atoms with E-state index < -0.39 is 5.72 Å². The minimum atomic E-state index is -0.923. The molecule has 2 aromatic carbocycles. The number of nitrogens with one attached hydrogen (secondary N) is 1. The van der Waals surface area contributed by atoms with Crippen molar-refractivity contribution in [3.05, 3.63) is 83.0 Å². The monoisotopic (exact) mass is 334 g/mol. The molecule has 24 heavy (non-hydrogen) atoms. The lowest BCUT2D eigenvalue weighted by Gasteiger charge is -2.37. The number of cyclic esters (lactones) is 1. The average Bonchev–Trinajstić information content (AvgIpc) is 3.34. The molecule has 0 saturated heterocycles. The van der Waals surface area contributed by atoms with Gasteiger partial charge in [-0.05, 0) is 17.5 Å². The Labute approximate surface area is 143 Å². The molecule has 0 bridgehead atoms. The molecule has 3 aromatic rings. The number of para-hydroxylation sites is 1. The Kier molecular flexibility index (Phi) is 2.82. The van der Waals surface area contributed by atoms with Gasteiger partial charge in [-0.15, -0.1) is 11.8 Å². The van der Waals surface area contributed by atoms with Gasteiger partial charge in [0.1, 0.15) is 0 Å². The SMILES string of the molecule is O=C1OC(c2c[nH]c3ccccc23)(N2C=CSC2)c2ccccc21. The Morgan fingerprint density at radius 1 is 1.08 bits per heavy atom. The number of aromatic nitrogens is 1. The molecule has 0 fully saturated rings. The average molecular weight is 334 g/mol. The molecule has 4 nitrogen and oxygen atoms in total. The minimum Gasteiger partial charge on any atom is -0.426 e. The molecule has 3 heterocycles. The summed E-state index contributed by atoms with van der Waals surface area (Å²) >= 11 is 1.69. The number of aromatic amines is 1. The maximum Gasteiger partial charge on any atom is 0.341 e. The summed E-state index contributed by atoms with van der Waals surface area (Å²) in [6, 6.07) is 15.7. The van der Waals surface area contributed by atoms with Gasteiger partial charge in [-0.2, -0.15) is 0 Å². The second kappa shape index (κ2) is 4.92. The topological polar surface area (TPSA) is 45.3 Å². The first-order valence-corrected chi connectivity index (χ1v) is 8.80. The van der Waals surface area contributed by atoms with E-state index in [1.807, 2.05) is 60.3 Å². The van der Waals surface area contributed by atoms with Crippen LogP contribution in [0.1, 0.15) is 21.5 Å². The Morgan fingerprint density at radius 2 is 1.92 bits per heavy atom. The zero-order chi connectivity index (χ0) is 16.1. The maximum absolute atomic E-state index is 12.6. The second-order valence-corrected chi connectivity index (χ2v) is 6.74. The third kappa shape index (κ3) is 1.67. The van der Waals surface area contributed by atoms with Crippen molar-refractivity contribution < 1.29 is 9.53 Å². The summed E-state index contributed by atoms with van der Waals surface area (Å²) in [5.74, 6) is 0.461. The van der Waals surface area contributed by atoms with E-state index in [1.54, 1.807) is 11.8 Å². The second-order valence-electron chi connectivity index (χ2n) is 5.88. The van der Waals surface area contributed by atoms with Crippen molar-refractivity contribution >= 4 is 28.6 Å². The number of nitrogens with zero attached hydrogens (tertiary/aromatic N) is 1. The van der Waals surface area contributed by atoms with Gasteiger partial charge in [-0.25, -0.2) is 4.79 Å². The maximum atomic E-state index is 12.6. The van der Waals surface area contributed by atoms with E-state index >= 15 is 0 Å². The van der Waals surface area contributed by atoms with Crippen molar-refractivity contribution in [2.75, 3.05) is 5.88 Å². The molecule has 118 valence electrons. The first kappa shape index (κ1) is 13.7. The van der Waals surface area contributed by atoms with Gasteiger partial charge in [0.2, 0.25) is 5.72 Å². The van der Waals surface area contributed by atoms with Gasteiger partial charge in [0.25, 0.3) is 0 Å². The number of benzene rings is 2. The van der Waals surface area contributed by atoms with Crippen LogP contribution in [-0.4, -0.2) is 21.7 Å². The first-order chi connectivity index (χ1) is 11.8. The van der Waals surface area contributed by atoms with Crippen LogP contribution in [0.5, 0.6) is 0 Å². The molecular formula is C19H14N2O2S. The quantitative estimate of drug-likeness (QED) is 0.719. The predicted molar refractivity (Wildman–Crippen MR) is 94.4 cm³/mol. The molecule has 0 aliphatic carbocycles. The van der Waals surface area contributed by atoms with Gasteiger partial charge in [0.15, 0.2) is 0 Å². The van der Waals surface area contributed by atoms with E-state index in [0.29, 0.717) is 5.56 Å². The molecule has 5 rings (SSSR count). The molecule has 1 N–H and O–H groups in total. The number of ether oxygens (including phenoxy) is 1. The smallest absolute Gasteiger partial charge is 0.341 e. The van der Waals surface area contributed by atoms with Crippen molar-refractivity contribution in [1.29, 1.82) is 0 Å². The van der Waals surface area contributed by atoms with E-state index in [-0.39, 0.29) is 5.97 Å². The molecule has 2 aliphatic heterocycles. The van der Waals surface area contributed by atoms with Gasteiger partial charge in [0, 0.05) is 34.4 Å². The van der Waals surface area contributed by atoms with Crippen LogP contribution in [0.15, 0.2) is 66.3 Å². The Hall–Kier alpha value is -2.66. The normalized spacial score (nSPS) is 22.2. The summed E-state index contributed by atoms with van der Waals surface area (Å²) in [6.45, 7) is 0. The van der Waals surface area contributed by atoms with E-state index in [2.05, 4.69) is 16.0 Å². The molecule has 1 aromatic heterocycles. The van der Waals surface area contributed by atoms with Crippen LogP contribution in [0.4, 0.5) is 0 Å². The lowest BCUT2D eigenvalue weighted by atomic mass is 9.91. The summed E-state index contributed by atoms with van der Waals surface area (Å²) in [5, 5.41) is 3.10. The Morgan fingerprint density at radius 3 is 2.79 bits per heavy atom. The van der Waals surface area contributed by atoms with E-state index in [0.717, 1.165) is 27.9 Å². The molecule has 5 heteroatoms. The highest BCUT2D eigenvalue weighted by atomic mass is 32.2. The number of hydrogen-bond donors (Lipinski definition) is 1. The highest BCUT2D eigenvalue weighted by Crippen LogP contribution is 2.48. The van der Waals surface area contributed by atoms with Gasteiger partial charge < -0.3 is 14.6 Å². The van der Waals surface area contributed by atoms with Crippen LogP contribution in [0.3, 0.4) is 0 Å². The van der Waals surface area contributed by atoms with Crippen molar-refractivity contribution in [3.8, 4) is 0 Å². The van der Waals surface area contributed by atoms with Crippen molar-refractivity contribution in [3.63, 3.8) is 0 Å². The van der Waals surface area contributed by atoms with Crippen LogP contribution < -0.4 is 0 Å². The van der Waals surface area contributed by atoms with Crippen LogP contribution >= 0.6 is 11.8 Å². The zero-order valence-electron chi connectivity index (χ0n) is 12.7.